The maximum atomic E-state index is 12.0. The molecule has 1 saturated heterocycles. The number of carbonyl (C=O) groups excluding carboxylic acids is 4. The molecule has 1 heterocycles. The summed E-state index contributed by atoms with van der Waals surface area (Å²) in [4.78, 5) is 48.9. The zero-order valence-corrected chi connectivity index (χ0v) is 15.0. The Balaban J connectivity index is 1.46. The average Bonchev–Trinajstić information content (AvgIpc) is 3.13. The molecule has 144 valence electrons. The van der Waals surface area contributed by atoms with Crippen molar-refractivity contribution in [3.05, 3.63) is 60.2 Å². The second kappa shape index (κ2) is 8.81. The maximum Gasteiger partial charge on any atom is 0.338 e. The van der Waals surface area contributed by atoms with E-state index in [9.17, 15) is 19.2 Å². The van der Waals surface area contributed by atoms with Crippen LogP contribution in [0.15, 0.2) is 54.6 Å². The Hall–Kier alpha value is -3.68. The normalized spacial score (nSPS) is 13.1. The molecule has 0 aliphatic carbocycles. The van der Waals surface area contributed by atoms with Gasteiger partial charge in [-0.3, -0.25) is 14.9 Å². The van der Waals surface area contributed by atoms with E-state index in [4.69, 9.17) is 4.74 Å². The molecule has 0 unspecified atom stereocenters. The monoisotopic (exact) mass is 381 g/mol. The van der Waals surface area contributed by atoms with E-state index < -0.39 is 24.5 Å². The number of para-hydroxylation sites is 1. The van der Waals surface area contributed by atoms with E-state index in [1.165, 1.54) is 12.1 Å². The van der Waals surface area contributed by atoms with Crippen LogP contribution in [-0.2, 0) is 14.3 Å². The number of ether oxygens (including phenoxy) is 1. The minimum atomic E-state index is -0.749. The van der Waals surface area contributed by atoms with Crippen molar-refractivity contribution in [1.29, 1.82) is 0 Å². The van der Waals surface area contributed by atoms with Gasteiger partial charge in [-0.15, -0.1) is 0 Å². The molecule has 2 aromatic rings. The predicted octanol–water partition coefficient (Wildman–Crippen LogP) is 2.32. The maximum absolute atomic E-state index is 12.0. The van der Waals surface area contributed by atoms with Crippen molar-refractivity contribution < 1.29 is 23.9 Å². The van der Waals surface area contributed by atoms with Crippen LogP contribution >= 0.6 is 0 Å². The zero-order valence-electron chi connectivity index (χ0n) is 15.0. The lowest BCUT2D eigenvalue weighted by atomic mass is 10.2. The second-order valence-corrected chi connectivity index (χ2v) is 6.14. The van der Waals surface area contributed by atoms with Gasteiger partial charge >= 0.3 is 12.0 Å². The molecule has 0 bridgehead atoms. The topological polar surface area (TPSA) is 105 Å². The van der Waals surface area contributed by atoms with Gasteiger partial charge < -0.3 is 15.0 Å². The molecule has 3 rings (SSSR count). The first-order chi connectivity index (χ1) is 13.5. The molecule has 0 radical (unpaired) electrons. The highest BCUT2D eigenvalue weighted by atomic mass is 16.5. The van der Waals surface area contributed by atoms with Gasteiger partial charge in [-0.1, -0.05) is 18.2 Å². The molecule has 4 amide bonds. The Kier molecular flexibility index (Phi) is 6.01. The Labute approximate surface area is 161 Å². The van der Waals surface area contributed by atoms with Crippen molar-refractivity contribution in [3.8, 4) is 0 Å². The first kappa shape index (κ1) is 19.1. The number of hydrogen-bond acceptors (Lipinski definition) is 5. The van der Waals surface area contributed by atoms with Crippen LogP contribution in [0.4, 0.5) is 16.2 Å². The van der Waals surface area contributed by atoms with E-state index >= 15 is 0 Å². The van der Waals surface area contributed by atoms with Crippen LogP contribution in [0.5, 0.6) is 0 Å². The number of benzene rings is 2. The SMILES string of the molecule is O=C(COC(=O)c1ccc(N2CCCC2=O)cc1)NC(=O)Nc1ccccc1. The molecule has 0 aromatic heterocycles. The minimum Gasteiger partial charge on any atom is -0.452 e. The van der Waals surface area contributed by atoms with Gasteiger partial charge in [-0.25, -0.2) is 9.59 Å². The summed E-state index contributed by atoms with van der Waals surface area (Å²) in [5.74, 6) is -1.39. The van der Waals surface area contributed by atoms with Crippen LogP contribution in [-0.4, -0.2) is 37.0 Å². The number of anilines is 2. The Morgan fingerprint density at radius 3 is 2.36 bits per heavy atom. The number of rotatable bonds is 5. The van der Waals surface area contributed by atoms with Crippen LogP contribution in [0.2, 0.25) is 0 Å². The molecule has 2 N–H and O–H groups in total. The van der Waals surface area contributed by atoms with Crippen LogP contribution in [0.25, 0.3) is 0 Å². The number of nitrogens with zero attached hydrogens (tertiary/aromatic N) is 1. The van der Waals surface area contributed by atoms with Crippen molar-refractivity contribution in [2.24, 2.45) is 0 Å². The molecular formula is C20H19N3O5. The van der Waals surface area contributed by atoms with Crippen LogP contribution in [0.1, 0.15) is 23.2 Å². The van der Waals surface area contributed by atoms with Crippen molar-refractivity contribution in [2.45, 2.75) is 12.8 Å². The summed E-state index contributed by atoms with van der Waals surface area (Å²) in [6.07, 6.45) is 1.34. The van der Waals surface area contributed by atoms with E-state index in [0.29, 0.717) is 18.7 Å². The predicted molar refractivity (Wildman–Crippen MR) is 102 cm³/mol. The van der Waals surface area contributed by atoms with E-state index in [1.807, 2.05) is 0 Å². The standard InChI is InChI=1S/C20H19N3O5/c24-17(22-20(27)21-15-5-2-1-3-6-15)13-28-19(26)14-8-10-16(11-9-14)23-12-4-7-18(23)25/h1-3,5-6,8-11H,4,7,12-13H2,(H2,21,22,24,27). The third-order valence-electron chi connectivity index (χ3n) is 4.11. The smallest absolute Gasteiger partial charge is 0.338 e. The highest BCUT2D eigenvalue weighted by molar-refractivity contribution is 6.02. The average molecular weight is 381 g/mol. The van der Waals surface area contributed by atoms with Crippen molar-refractivity contribution >= 4 is 35.2 Å². The van der Waals surface area contributed by atoms with E-state index in [0.717, 1.165) is 12.1 Å². The molecule has 1 aliphatic heterocycles. The third-order valence-corrected chi connectivity index (χ3v) is 4.11. The van der Waals surface area contributed by atoms with Gasteiger partial charge in [0, 0.05) is 24.3 Å². The molecule has 8 heteroatoms. The van der Waals surface area contributed by atoms with Gasteiger partial charge in [-0.05, 0) is 42.8 Å². The summed E-state index contributed by atoms with van der Waals surface area (Å²) < 4.78 is 4.92. The second-order valence-electron chi connectivity index (χ2n) is 6.14. The number of nitrogens with one attached hydrogen (secondary N) is 2. The van der Waals surface area contributed by atoms with Gasteiger partial charge in [0.15, 0.2) is 6.61 Å². The number of amides is 4. The van der Waals surface area contributed by atoms with Crippen LogP contribution in [0.3, 0.4) is 0 Å². The largest absolute Gasteiger partial charge is 0.452 e. The van der Waals surface area contributed by atoms with Gasteiger partial charge in [0.2, 0.25) is 5.91 Å². The fraction of sp³-hybridized carbons (Fsp3) is 0.200. The summed E-state index contributed by atoms with van der Waals surface area (Å²) in [7, 11) is 0. The van der Waals surface area contributed by atoms with Crippen LogP contribution < -0.4 is 15.5 Å². The molecule has 0 spiro atoms. The zero-order chi connectivity index (χ0) is 19.9. The van der Waals surface area contributed by atoms with E-state index in [2.05, 4.69) is 10.6 Å². The number of imide groups is 1. The van der Waals surface area contributed by atoms with Gasteiger partial charge in [0.1, 0.15) is 0 Å². The Morgan fingerprint density at radius 2 is 1.71 bits per heavy atom. The summed E-state index contributed by atoms with van der Waals surface area (Å²) in [5, 5.41) is 4.56. The highest BCUT2D eigenvalue weighted by Gasteiger charge is 2.22. The fourth-order valence-corrected chi connectivity index (χ4v) is 2.76. The molecule has 0 atom stereocenters. The van der Waals surface area contributed by atoms with Gasteiger partial charge in [0.05, 0.1) is 5.56 Å². The number of hydrogen-bond donors (Lipinski definition) is 2. The molecule has 2 aromatic carbocycles. The third kappa shape index (κ3) is 4.94. The van der Waals surface area contributed by atoms with Crippen molar-refractivity contribution in [2.75, 3.05) is 23.4 Å². The quantitative estimate of drug-likeness (QED) is 0.774. The van der Waals surface area contributed by atoms with Crippen molar-refractivity contribution in [1.82, 2.24) is 5.32 Å². The Bertz CT molecular complexity index is 880. The molecule has 0 saturated carbocycles. The summed E-state index contributed by atoms with van der Waals surface area (Å²) in [6, 6.07) is 14.3. The lowest BCUT2D eigenvalue weighted by molar-refractivity contribution is -0.123. The van der Waals surface area contributed by atoms with Crippen LogP contribution in [0, 0.1) is 0 Å². The van der Waals surface area contributed by atoms with Gasteiger partial charge in [0.25, 0.3) is 5.91 Å². The summed E-state index contributed by atoms with van der Waals surface area (Å²) >= 11 is 0. The molecular weight excluding hydrogens is 362 g/mol. The number of urea groups is 1. The van der Waals surface area contributed by atoms with Crippen molar-refractivity contribution in [3.63, 3.8) is 0 Å². The summed E-state index contributed by atoms with van der Waals surface area (Å²) in [5.41, 5.74) is 1.49. The summed E-state index contributed by atoms with van der Waals surface area (Å²) in [6.45, 7) is 0.0707. The Morgan fingerprint density at radius 1 is 1.00 bits per heavy atom. The van der Waals surface area contributed by atoms with Gasteiger partial charge in [-0.2, -0.15) is 0 Å². The lowest BCUT2D eigenvalue weighted by Gasteiger charge is -2.15. The minimum absolute atomic E-state index is 0.0563. The lowest BCUT2D eigenvalue weighted by Crippen LogP contribution is -2.37. The molecule has 8 nitrogen and oxygen atoms in total. The number of esters is 1. The molecule has 1 aliphatic rings. The van der Waals surface area contributed by atoms with E-state index in [1.54, 1.807) is 47.4 Å². The number of carbonyl (C=O) groups is 4. The van der Waals surface area contributed by atoms with E-state index in [-0.39, 0.29) is 11.5 Å². The fourth-order valence-electron chi connectivity index (χ4n) is 2.76. The first-order valence-electron chi connectivity index (χ1n) is 8.76. The first-order valence-corrected chi connectivity index (χ1v) is 8.76. The molecule has 28 heavy (non-hydrogen) atoms. The molecule has 1 fully saturated rings. The highest BCUT2D eigenvalue weighted by Crippen LogP contribution is 2.21.